The van der Waals surface area contributed by atoms with E-state index in [1.165, 1.54) is 12.1 Å². The average Bonchev–Trinajstić information content (AvgIpc) is 3.03. The molecule has 2 aromatic heterocycles. The van der Waals surface area contributed by atoms with Crippen molar-refractivity contribution in [2.75, 3.05) is 0 Å². The number of hydrogen-bond acceptors (Lipinski definition) is 5. The third kappa shape index (κ3) is 4.05. The summed E-state index contributed by atoms with van der Waals surface area (Å²) < 4.78 is 60.9. The van der Waals surface area contributed by atoms with Crippen molar-refractivity contribution in [3.05, 3.63) is 58.8 Å². The molecule has 0 bridgehead atoms. The molecule has 130 valence electrons. The van der Waals surface area contributed by atoms with Gasteiger partial charge in [-0.15, -0.1) is 0 Å². The molecule has 0 atom stereocenters. The van der Waals surface area contributed by atoms with Gasteiger partial charge in [-0.2, -0.15) is 18.2 Å². The fourth-order valence-corrected chi connectivity index (χ4v) is 2.06. The van der Waals surface area contributed by atoms with Crippen LogP contribution in [-0.2, 0) is 12.8 Å². The highest BCUT2D eigenvalue weighted by atomic mass is 35.5. The Morgan fingerprint density at radius 2 is 1.92 bits per heavy atom. The fourth-order valence-electron chi connectivity index (χ4n) is 1.91. The second-order valence-corrected chi connectivity index (χ2v) is 5.21. The van der Waals surface area contributed by atoms with Gasteiger partial charge in [-0.25, -0.2) is 9.37 Å². The second-order valence-electron chi connectivity index (χ2n) is 4.82. The van der Waals surface area contributed by atoms with Gasteiger partial charge < -0.3 is 9.26 Å². The van der Waals surface area contributed by atoms with Gasteiger partial charge in [-0.1, -0.05) is 28.9 Å². The summed E-state index contributed by atoms with van der Waals surface area (Å²) in [5.74, 6) is -2.59. The van der Waals surface area contributed by atoms with Gasteiger partial charge in [0, 0.05) is 6.07 Å². The Morgan fingerprint density at radius 1 is 1.12 bits per heavy atom. The molecule has 10 heteroatoms. The Balaban J connectivity index is 1.75. The normalized spacial score (nSPS) is 11.6. The van der Waals surface area contributed by atoms with Crippen molar-refractivity contribution >= 4 is 11.6 Å². The molecule has 0 spiro atoms. The molecule has 0 N–H and O–H groups in total. The van der Waals surface area contributed by atoms with Gasteiger partial charge in [0.1, 0.15) is 17.6 Å². The predicted octanol–water partition coefficient (Wildman–Crippen LogP) is 4.52. The van der Waals surface area contributed by atoms with Gasteiger partial charge in [0.15, 0.2) is 0 Å². The summed E-state index contributed by atoms with van der Waals surface area (Å²) in [7, 11) is 0. The lowest BCUT2D eigenvalue weighted by atomic mass is 10.1. The molecule has 3 aromatic rings. The lowest BCUT2D eigenvalue weighted by Gasteiger charge is -2.06. The van der Waals surface area contributed by atoms with Crippen LogP contribution in [0.1, 0.15) is 11.5 Å². The van der Waals surface area contributed by atoms with Crippen molar-refractivity contribution in [3.63, 3.8) is 0 Å². The van der Waals surface area contributed by atoms with Gasteiger partial charge >= 0.3 is 12.1 Å². The van der Waals surface area contributed by atoms with Crippen molar-refractivity contribution in [2.24, 2.45) is 0 Å². The van der Waals surface area contributed by atoms with Crippen LogP contribution >= 0.6 is 11.6 Å². The van der Waals surface area contributed by atoms with E-state index in [9.17, 15) is 17.6 Å². The molecular formula is C15H8ClF4N3O2. The first-order chi connectivity index (χ1) is 11.8. The first-order valence-electron chi connectivity index (χ1n) is 6.78. The summed E-state index contributed by atoms with van der Waals surface area (Å²) in [6.45, 7) is -0.00934. The number of aromatic nitrogens is 3. The molecule has 2 heterocycles. The first-order valence-corrected chi connectivity index (χ1v) is 7.16. The fraction of sp³-hybridized carbons (Fsp3) is 0.133. The number of nitrogens with zero attached hydrogens (tertiary/aromatic N) is 3. The van der Waals surface area contributed by atoms with Crippen molar-refractivity contribution in [1.82, 2.24) is 15.1 Å². The van der Waals surface area contributed by atoms with Crippen LogP contribution in [0.3, 0.4) is 0 Å². The molecule has 0 aliphatic heterocycles. The zero-order chi connectivity index (χ0) is 18.0. The van der Waals surface area contributed by atoms with Crippen molar-refractivity contribution < 1.29 is 26.8 Å². The molecule has 0 fully saturated rings. The second kappa shape index (κ2) is 6.67. The van der Waals surface area contributed by atoms with E-state index in [2.05, 4.69) is 19.6 Å². The van der Waals surface area contributed by atoms with Gasteiger partial charge in [-0.3, -0.25) is 0 Å². The van der Waals surface area contributed by atoms with Crippen molar-refractivity contribution in [3.8, 4) is 17.3 Å². The minimum atomic E-state index is -4.79. The van der Waals surface area contributed by atoms with E-state index >= 15 is 0 Å². The van der Waals surface area contributed by atoms with Crippen LogP contribution in [0.15, 0.2) is 40.9 Å². The summed E-state index contributed by atoms with van der Waals surface area (Å²) >= 11 is 5.72. The highest BCUT2D eigenvalue weighted by molar-refractivity contribution is 6.29. The highest BCUT2D eigenvalue weighted by Gasteiger charge is 2.38. The van der Waals surface area contributed by atoms with E-state index < -0.39 is 23.7 Å². The van der Waals surface area contributed by atoms with Crippen LogP contribution in [-0.4, -0.2) is 15.1 Å². The van der Waals surface area contributed by atoms with Gasteiger partial charge in [0.05, 0.1) is 5.56 Å². The van der Waals surface area contributed by atoms with Crippen LogP contribution in [0.5, 0.6) is 5.88 Å². The molecule has 1 aromatic carbocycles. The topological polar surface area (TPSA) is 61.0 Å². The maximum absolute atomic E-state index is 14.1. The third-order valence-corrected chi connectivity index (χ3v) is 3.23. The maximum atomic E-state index is 14.1. The quantitative estimate of drug-likeness (QED) is 0.497. The van der Waals surface area contributed by atoms with Crippen LogP contribution in [0.2, 0.25) is 5.15 Å². The number of hydrogen-bond donors (Lipinski definition) is 0. The standard InChI is InChI=1S/C15H8ClF4N3O2/c16-11-2-1-3-12(21-11)24-7-8-4-5-9(10(17)6-8)13-22-14(25-23-13)15(18,19)20/h1-6H,7H2. The van der Waals surface area contributed by atoms with E-state index in [0.29, 0.717) is 5.56 Å². The number of alkyl halides is 3. The lowest BCUT2D eigenvalue weighted by molar-refractivity contribution is -0.159. The van der Waals surface area contributed by atoms with E-state index in [1.807, 2.05) is 0 Å². The van der Waals surface area contributed by atoms with E-state index in [-0.39, 0.29) is 23.2 Å². The maximum Gasteiger partial charge on any atom is 0.471 e. The Bertz CT molecular complexity index is 898. The smallest absolute Gasteiger partial charge is 0.471 e. The molecular weight excluding hydrogens is 366 g/mol. The summed E-state index contributed by atoms with van der Waals surface area (Å²) in [5.41, 5.74) is 0.214. The molecule has 0 saturated heterocycles. The summed E-state index contributed by atoms with van der Waals surface area (Å²) in [6, 6.07) is 8.60. The Hall–Kier alpha value is -2.68. The van der Waals surface area contributed by atoms with Gasteiger partial charge in [0.2, 0.25) is 11.7 Å². The SMILES string of the molecule is Fc1cc(COc2cccc(Cl)n2)ccc1-c1noc(C(F)(F)F)n1. The number of ether oxygens (including phenoxy) is 1. The largest absolute Gasteiger partial charge is 0.473 e. The van der Waals surface area contributed by atoms with E-state index in [4.69, 9.17) is 16.3 Å². The molecule has 0 saturated carbocycles. The Morgan fingerprint density at radius 3 is 2.56 bits per heavy atom. The minimum Gasteiger partial charge on any atom is -0.473 e. The molecule has 25 heavy (non-hydrogen) atoms. The van der Waals surface area contributed by atoms with Crippen molar-refractivity contribution in [1.29, 1.82) is 0 Å². The number of pyridine rings is 1. The van der Waals surface area contributed by atoms with E-state index in [0.717, 1.165) is 6.07 Å². The minimum absolute atomic E-state index is 0.00934. The lowest BCUT2D eigenvalue weighted by Crippen LogP contribution is -2.05. The van der Waals surface area contributed by atoms with Crippen LogP contribution in [0.25, 0.3) is 11.4 Å². The molecule has 5 nitrogen and oxygen atoms in total. The zero-order valence-electron chi connectivity index (χ0n) is 12.2. The molecule has 0 radical (unpaired) electrons. The number of rotatable bonds is 4. The average molecular weight is 374 g/mol. The Labute approximate surface area is 143 Å². The third-order valence-electron chi connectivity index (χ3n) is 3.02. The summed E-state index contributed by atoms with van der Waals surface area (Å²) in [4.78, 5) is 7.06. The predicted molar refractivity (Wildman–Crippen MR) is 78.3 cm³/mol. The molecule has 0 aliphatic carbocycles. The monoisotopic (exact) mass is 373 g/mol. The molecule has 0 amide bonds. The first kappa shape index (κ1) is 17.2. The summed E-state index contributed by atoms with van der Waals surface area (Å²) in [6.07, 6.45) is -4.79. The molecule has 0 unspecified atom stereocenters. The van der Waals surface area contributed by atoms with E-state index in [1.54, 1.807) is 18.2 Å². The number of benzene rings is 1. The number of halogens is 5. The zero-order valence-corrected chi connectivity index (χ0v) is 13.0. The van der Waals surface area contributed by atoms with Crippen molar-refractivity contribution in [2.45, 2.75) is 12.8 Å². The van der Waals surface area contributed by atoms with Crippen LogP contribution < -0.4 is 4.74 Å². The van der Waals surface area contributed by atoms with Gasteiger partial charge in [-0.05, 0) is 23.8 Å². The molecule has 0 aliphatic rings. The van der Waals surface area contributed by atoms with Crippen LogP contribution in [0, 0.1) is 5.82 Å². The Kier molecular flexibility index (Phi) is 4.58. The highest BCUT2D eigenvalue weighted by Crippen LogP contribution is 2.30. The van der Waals surface area contributed by atoms with Crippen LogP contribution in [0.4, 0.5) is 17.6 Å². The van der Waals surface area contributed by atoms with Gasteiger partial charge in [0.25, 0.3) is 0 Å². The summed E-state index contributed by atoms with van der Waals surface area (Å²) in [5, 5.41) is 3.39. The molecule has 3 rings (SSSR count).